The molecule has 5 nitrogen and oxygen atoms in total. The molecule has 6 heteroatoms. The molecule has 180 valence electrons. The van der Waals surface area contributed by atoms with E-state index in [4.69, 9.17) is 17.0 Å². The second-order valence-electron chi connectivity index (χ2n) is 8.88. The highest BCUT2D eigenvalue weighted by molar-refractivity contribution is 7.80. The smallest absolute Gasteiger partial charge is 0.173 e. The van der Waals surface area contributed by atoms with Crippen LogP contribution < -0.4 is 10.2 Å². The Hall–Kier alpha value is -2.15. The van der Waals surface area contributed by atoms with E-state index >= 15 is 0 Å². The van der Waals surface area contributed by atoms with Crippen molar-refractivity contribution in [1.82, 2.24) is 9.80 Å². The van der Waals surface area contributed by atoms with Gasteiger partial charge in [0, 0.05) is 58.2 Å². The number of thiocarbonyl (C=S) groups is 1. The molecule has 0 bridgehead atoms. The lowest BCUT2D eigenvalue weighted by Crippen LogP contribution is -2.40. The number of ether oxygens (including phenoxy) is 1. The first kappa shape index (κ1) is 25.5. The number of benzene rings is 2. The lowest BCUT2D eigenvalue weighted by Gasteiger charge is -2.30. The van der Waals surface area contributed by atoms with E-state index in [1.165, 1.54) is 28.1 Å². The van der Waals surface area contributed by atoms with Gasteiger partial charge in [0.25, 0.3) is 0 Å². The third kappa shape index (κ3) is 7.42. The summed E-state index contributed by atoms with van der Waals surface area (Å²) in [4.78, 5) is 6.95. The number of aryl methyl sites for hydroxylation is 2. The van der Waals surface area contributed by atoms with Crippen LogP contribution in [-0.4, -0.2) is 68.4 Å². The normalized spacial score (nSPS) is 14.2. The van der Waals surface area contributed by atoms with Crippen molar-refractivity contribution in [2.24, 2.45) is 0 Å². The van der Waals surface area contributed by atoms with Crippen LogP contribution in [0.25, 0.3) is 0 Å². The quantitative estimate of drug-likeness (QED) is 0.504. The molecule has 0 atom stereocenters. The van der Waals surface area contributed by atoms with Crippen LogP contribution in [0.1, 0.15) is 37.0 Å². The van der Waals surface area contributed by atoms with E-state index < -0.39 is 0 Å². The third-order valence-electron chi connectivity index (χ3n) is 6.35. The zero-order valence-electron chi connectivity index (χ0n) is 20.8. The minimum Gasteiger partial charge on any atom is -0.379 e. The second-order valence-corrected chi connectivity index (χ2v) is 9.27. The first-order chi connectivity index (χ1) is 16.0. The largest absolute Gasteiger partial charge is 0.379 e. The average Bonchev–Trinajstić information content (AvgIpc) is 2.84. The lowest BCUT2D eigenvalue weighted by molar-refractivity contribution is 0.0368. The van der Waals surface area contributed by atoms with E-state index in [0.717, 1.165) is 70.3 Å². The van der Waals surface area contributed by atoms with Crippen molar-refractivity contribution in [2.45, 2.75) is 39.7 Å². The topological polar surface area (TPSA) is 31.0 Å². The summed E-state index contributed by atoms with van der Waals surface area (Å²) >= 11 is 5.98. The molecular formula is C27H40N4OS. The van der Waals surface area contributed by atoms with Crippen LogP contribution in [-0.2, 0) is 24.1 Å². The van der Waals surface area contributed by atoms with Gasteiger partial charge in [0.1, 0.15) is 0 Å². The molecule has 2 aromatic rings. The molecule has 0 unspecified atom stereocenters. The monoisotopic (exact) mass is 468 g/mol. The molecule has 0 radical (unpaired) electrons. The summed E-state index contributed by atoms with van der Waals surface area (Å²) in [6.07, 6.45) is 3.05. The van der Waals surface area contributed by atoms with Gasteiger partial charge in [-0.3, -0.25) is 4.90 Å². The maximum atomic E-state index is 5.98. The minimum absolute atomic E-state index is 0.804. The van der Waals surface area contributed by atoms with Gasteiger partial charge in [-0.1, -0.05) is 44.2 Å². The van der Waals surface area contributed by atoms with Crippen LogP contribution in [0, 0.1) is 0 Å². The van der Waals surface area contributed by atoms with Gasteiger partial charge < -0.3 is 19.9 Å². The van der Waals surface area contributed by atoms with Crippen molar-refractivity contribution in [2.75, 3.05) is 63.7 Å². The molecule has 2 aromatic carbocycles. The number of hydrogen-bond donors (Lipinski definition) is 1. The second kappa shape index (κ2) is 12.9. The Balaban J connectivity index is 1.72. The molecule has 0 aliphatic carbocycles. The zero-order chi connectivity index (χ0) is 23.6. The standard InChI is InChI=1S/C27H40N4OS/c1-5-23-9-7-10-24(6-2)26(23)28-27(33)31(16-8-15-30-17-19-32-20-18-30)21-22-11-13-25(14-12-22)29(3)4/h7,9-14H,5-6,8,15-21H2,1-4H3,(H,28,33). The van der Waals surface area contributed by atoms with Crippen molar-refractivity contribution >= 4 is 28.7 Å². The van der Waals surface area contributed by atoms with Crippen molar-refractivity contribution in [1.29, 1.82) is 0 Å². The van der Waals surface area contributed by atoms with E-state index in [-0.39, 0.29) is 0 Å². The van der Waals surface area contributed by atoms with E-state index in [2.05, 4.69) is 90.4 Å². The number of para-hydroxylation sites is 1. The fourth-order valence-corrected chi connectivity index (χ4v) is 4.53. The highest BCUT2D eigenvalue weighted by Gasteiger charge is 2.16. The van der Waals surface area contributed by atoms with Crippen molar-refractivity contribution in [3.63, 3.8) is 0 Å². The Labute approximate surface area is 205 Å². The summed E-state index contributed by atoms with van der Waals surface area (Å²) in [6, 6.07) is 15.3. The molecule has 1 aliphatic rings. The van der Waals surface area contributed by atoms with Gasteiger partial charge in [-0.2, -0.15) is 0 Å². The van der Waals surface area contributed by atoms with Gasteiger partial charge in [-0.25, -0.2) is 0 Å². The molecule has 0 saturated carbocycles. The number of nitrogens with zero attached hydrogens (tertiary/aromatic N) is 3. The Morgan fingerprint density at radius 3 is 2.21 bits per heavy atom. The fraction of sp³-hybridized carbons (Fsp3) is 0.519. The van der Waals surface area contributed by atoms with Crippen LogP contribution >= 0.6 is 12.2 Å². The summed E-state index contributed by atoms with van der Waals surface area (Å²) < 4.78 is 5.49. The minimum atomic E-state index is 0.804. The molecule has 1 aliphatic heterocycles. The molecule has 0 spiro atoms. The first-order valence-corrected chi connectivity index (χ1v) is 12.7. The van der Waals surface area contributed by atoms with Gasteiger partial charge in [0.05, 0.1) is 13.2 Å². The summed E-state index contributed by atoms with van der Waals surface area (Å²) in [7, 11) is 4.14. The van der Waals surface area contributed by atoms with Gasteiger partial charge in [-0.05, 0) is 60.3 Å². The van der Waals surface area contributed by atoms with Crippen molar-refractivity contribution in [3.05, 3.63) is 59.2 Å². The summed E-state index contributed by atoms with van der Waals surface area (Å²) in [5.74, 6) is 0. The third-order valence-corrected chi connectivity index (χ3v) is 6.71. The highest BCUT2D eigenvalue weighted by Crippen LogP contribution is 2.24. The van der Waals surface area contributed by atoms with E-state index in [1.54, 1.807) is 0 Å². The molecule has 1 saturated heterocycles. The van der Waals surface area contributed by atoms with Crippen LogP contribution in [0.4, 0.5) is 11.4 Å². The molecule has 1 N–H and O–H groups in total. The molecule has 0 aromatic heterocycles. The van der Waals surface area contributed by atoms with Crippen LogP contribution in [0.3, 0.4) is 0 Å². The summed E-state index contributed by atoms with van der Waals surface area (Å²) in [5.41, 5.74) is 6.31. The van der Waals surface area contributed by atoms with Crippen LogP contribution in [0.15, 0.2) is 42.5 Å². The van der Waals surface area contributed by atoms with Gasteiger partial charge >= 0.3 is 0 Å². The maximum Gasteiger partial charge on any atom is 0.173 e. The average molecular weight is 469 g/mol. The molecule has 0 amide bonds. The van der Waals surface area contributed by atoms with Gasteiger partial charge in [0.2, 0.25) is 0 Å². The first-order valence-electron chi connectivity index (χ1n) is 12.2. The molecule has 33 heavy (non-hydrogen) atoms. The maximum absolute atomic E-state index is 5.98. The Morgan fingerprint density at radius 2 is 1.64 bits per heavy atom. The van der Waals surface area contributed by atoms with Gasteiger partial charge in [-0.15, -0.1) is 0 Å². The predicted molar refractivity (Wildman–Crippen MR) is 144 cm³/mol. The van der Waals surface area contributed by atoms with E-state index in [0.29, 0.717) is 0 Å². The molecule has 1 fully saturated rings. The number of morpholine rings is 1. The number of nitrogens with one attached hydrogen (secondary N) is 1. The van der Waals surface area contributed by atoms with Crippen molar-refractivity contribution in [3.8, 4) is 0 Å². The summed E-state index contributed by atoms with van der Waals surface area (Å²) in [6.45, 7) is 11.0. The predicted octanol–water partition coefficient (Wildman–Crippen LogP) is 4.80. The summed E-state index contributed by atoms with van der Waals surface area (Å²) in [5, 5.41) is 4.44. The highest BCUT2D eigenvalue weighted by atomic mass is 32.1. The lowest BCUT2D eigenvalue weighted by atomic mass is 10.0. The number of hydrogen-bond acceptors (Lipinski definition) is 4. The van der Waals surface area contributed by atoms with E-state index in [1.807, 2.05) is 0 Å². The SMILES string of the molecule is CCc1cccc(CC)c1NC(=S)N(CCCN1CCOCC1)Cc1ccc(N(C)C)cc1. The fourth-order valence-electron chi connectivity index (χ4n) is 4.27. The molecule has 1 heterocycles. The van der Waals surface area contributed by atoms with Gasteiger partial charge in [0.15, 0.2) is 5.11 Å². The molecular weight excluding hydrogens is 428 g/mol. The van der Waals surface area contributed by atoms with Crippen LogP contribution in [0.2, 0.25) is 0 Å². The zero-order valence-corrected chi connectivity index (χ0v) is 21.6. The number of anilines is 2. The Bertz CT molecular complexity index is 856. The Morgan fingerprint density at radius 1 is 1.00 bits per heavy atom. The molecule has 3 rings (SSSR count). The van der Waals surface area contributed by atoms with E-state index in [9.17, 15) is 0 Å². The Kier molecular flexibility index (Phi) is 9.97. The van der Waals surface area contributed by atoms with Crippen molar-refractivity contribution < 1.29 is 4.74 Å². The van der Waals surface area contributed by atoms with Crippen LogP contribution in [0.5, 0.6) is 0 Å². The number of rotatable bonds is 10.